The molecule has 0 amide bonds. The van der Waals surface area contributed by atoms with E-state index in [-0.39, 0.29) is 12.2 Å². The van der Waals surface area contributed by atoms with Gasteiger partial charge in [-0.3, -0.25) is 4.98 Å². The average Bonchev–Trinajstić information content (AvgIpc) is 2.74. The van der Waals surface area contributed by atoms with E-state index in [0.717, 1.165) is 35.5 Å². The van der Waals surface area contributed by atoms with Crippen LogP contribution in [0, 0.1) is 0 Å². The molecule has 1 saturated heterocycles. The standard InChI is InChI=1S/C22H22N2O2/c1-2-7-17(8-3-1)22(21-16-24-13-14-25-21)26-20-11-5-4-10-19(20)18-9-6-12-23-15-18/h1-12,15,21-22,24H,13-14,16H2. The van der Waals surface area contributed by atoms with E-state index in [1.54, 1.807) is 6.20 Å². The van der Waals surface area contributed by atoms with E-state index in [2.05, 4.69) is 28.5 Å². The zero-order chi connectivity index (χ0) is 17.6. The topological polar surface area (TPSA) is 43.4 Å². The van der Waals surface area contributed by atoms with Crippen LogP contribution >= 0.6 is 0 Å². The molecule has 0 aliphatic carbocycles. The monoisotopic (exact) mass is 346 g/mol. The number of nitrogens with one attached hydrogen (secondary N) is 1. The molecule has 2 unspecified atom stereocenters. The number of hydrogen-bond donors (Lipinski definition) is 1. The Hall–Kier alpha value is -2.69. The van der Waals surface area contributed by atoms with Crippen LogP contribution in [0.25, 0.3) is 11.1 Å². The number of nitrogens with zero attached hydrogens (tertiary/aromatic N) is 1. The molecule has 1 aliphatic heterocycles. The minimum Gasteiger partial charge on any atom is -0.482 e. The van der Waals surface area contributed by atoms with Crippen molar-refractivity contribution in [1.29, 1.82) is 0 Å². The maximum atomic E-state index is 6.53. The summed E-state index contributed by atoms with van der Waals surface area (Å²) < 4.78 is 12.5. The zero-order valence-corrected chi connectivity index (χ0v) is 14.5. The van der Waals surface area contributed by atoms with Gasteiger partial charge in [0.1, 0.15) is 11.9 Å². The lowest BCUT2D eigenvalue weighted by molar-refractivity contribution is -0.0430. The Morgan fingerprint density at radius 1 is 1.00 bits per heavy atom. The number of hydrogen-bond acceptors (Lipinski definition) is 4. The molecule has 3 aromatic rings. The van der Waals surface area contributed by atoms with Crippen molar-refractivity contribution in [2.24, 2.45) is 0 Å². The minimum atomic E-state index is -0.179. The average molecular weight is 346 g/mol. The number of benzene rings is 2. The van der Waals surface area contributed by atoms with Crippen LogP contribution in [0.3, 0.4) is 0 Å². The SMILES string of the molecule is c1ccc(C(Oc2ccccc2-c2cccnc2)C2CNCCO2)cc1. The van der Waals surface area contributed by atoms with E-state index in [0.29, 0.717) is 6.61 Å². The van der Waals surface area contributed by atoms with Crippen LogP contribution in [-0.4, -0.2) is 30.8 Å². The molecule has 4 rings (SSSR count). The summed E-state index contributed by atoms with van der Waals surface area (Å²) in [5.74, 6) is 0.837. The predicted octanol–water partition coefficient (Wildman–Crippen LogP) is 3.86. The van der Waals surface area contributed by atoms with Gasteiger partial charge < -0.3 is 14.8 Å². The number of para-hydroxylation sites is 1. The van der Waals surface area contributed by atoms with E-state index in [9.17, 15) is 0 Å². The van der Waals surface area contributed by atoms with Gasteiger partial charge in [0.15, 0.2) is 6.10 Å². The second kappa shape index (κ2) is 8.13. The molecule has 132 valence electrons. The van der Waals surface area contributed by atoms with E-state index in [4.69, 9.17) is 9.47 Å². The summed E-state index contributed by atoms with van der Waals surface area (Å²) >= 11 is 0. The van der Waals surface area contributed by atoms with Gasteiger partial charge in [-0.25, -0.2) is 0 Å². The summed E-state index contributed by atoms with van der Waals surface area (Å²) in [6.07, 6.45) is 3.43. The number of pyridine rings is 1. The molecule has 1 aromatic heterocycles. The second-order valence-electron chi connectivity index (χ2n) is 6.30. The lowest BCUT2D eigenvalue weighted by Crippen LogP contribution is -2.43. The van der Waals surface area contributed by atoms with Crippen LogP contribution in [0.15, 0.2) is 79.1 Å². The molecule has 26 heavy (non-hydrogen) atoms. The van der Waals surface area contributed by atoms with Crippen LogP contribution in [0.4, 0.5) is 0 Å². The molecule has 2 aromatic carbocycles. The lowest BCUT2D eigenvalue weighted by Gasteiger charge is -2.32. The molecule has 1 fully saturated rings. The quantitative estimate of drug-likeness (QED) is 0.762. The van der Waals surface area contributed by atoms with Crippen LogP contribution < -0.4 is 10.1 Å². The zero-order valence-electron chi connectivity index (χ0n) is 14.5. The van der Waals surface area contributed by atoms with E-state index < -0.39 is 0 Å². The highest BCUT2D eigenvalue weighted by atomic mass is 16.5. The first-order chi connectivity index (χ1) is 12.9. The Morgan fingerprint density at radius 3 is 2.62 bits per heavy atom. The summed E-state index contributed by atoms with van der Waals surface area (Å²) in [5.41, 5.74) is 3.19. The van der Waals surface area contributed by atoms with Crippen molar-refractivity contribution < 1.29 is 9.47 Å². The number of ether oxygens (including phenoxy) is 2. The van der Waals surface area contributed by atoms with Gasteiger partial charge in [0.2, 0.25) is 0 Å². The molecule has 2 atom stereocenters. The molecule has 0 bridgehead atoms. The van der Waals surface area contributed by atoms with Crippen molar-refractivity contribution in [2.75, 3.05) is 19.7 Å². The molecule has 4 heteroatoms. The third-order valence-electron chi connectivity index (χ3n) is 4.54. The maximum absolute atomic E-state index is 6.53. The van der Waals surface area contributed by atoms with Gasteiger partial charge in [0, 0.05) is 36.6 Å². The Balaban J connectivity index is 1.68. The van der Waals surface area contributed by atoms with Crippen LogP contribution in [0.5, 0.6) is 5.75 Å². The summed E-state index contributed by atoms with van der Waals surface area (Å²) in [6.45, 7) is 2.35. The second-order valence-corrected chi connectivity index (χ2v) is 6.30. The fourth-order valence-corrected chi connectivity index (χ4v) is 3.25. The van der Waals surface area contributed by atoms with Gasteiger partial charge in [0.25, 0.3) is 0 Å². The molecule has 0 saturated carbocycles. The van der Waals surface area contributed by atoms with Gasteiger partial charge in [-0.05, 0) is 17.7 Å². The first kappa shape index (κ1) is 16.8. The molecule has 2 heterocycles. The molecular formula is C22H22N2O2. The Labute approximate surface area is 153 Å². The summed E-state index contributed by atoms with van der Waals surface area (Å²) in [6, 6.07) is 22.4. The lowest BCUT2D eigenvalue weighted by atomic mass is 10.0. The third-order valence-corrected chi connectivity index (χ3v) is 4.54. The van der Waals surface area contributed by atoms with Crippen molar-refractivity contribution >= 4 is 0 Å². The van der Waals surface area contributed by atoms with E-state index in [1.165, 1.54) is 0 Å². The summed E-state index contributed by atoms with van der Waals surface area (Å²) in [7, 11) is 0. The fourth-order valence-electron chi connectivity index (χ4n) is 3.25. The van der Waals surface area contributed by atoms with Gasteiger partial charge in [-0.15, -0.1) is 0 Å². The maximum Gasteiger partial charge on any atom is 0.151 e. The highest BCUT2D eigenvalue weighted by Gasteiger charge is 2.28. The van der Waals surface area contributed by atoms with Gasteiger partial charge in [0.05, 0.1) is 6.61 Å². The van der Waals surface area contributed by atoms with Crippen molar-refractivity contribution in [3.05, 3.63) is 84.7 Å². The van der Waals surface area contributed by atoms with Crippen LogP contribution in [-0.2, 0) is 4.74 Å². The molecule has 0 radical (unpaired) electrons. The predicted molar refractivity (Wildman–Crippen MR) is 102 cm³/mol. The van der Waals surface area contributed by atoms with Gasteiger partial charge in [-0.2, -0.15) is 0 Å². The third kappa shape index (κ3) is 3.77. The van der Waals surface area contributed by atoms with Crippen molar-refractivity contribution in [3.8, 4) is 16.9 Å². The van der Waals surface area contributed by atoms with Crippen molar-refractivity contribution in [3.63, 3.8) is 0 Å². The molecule has 0 spiro atoms. The normalized spacial score (nSPS) is 18.2. The van der Waals surface area contributed by atoms with Crippen molar-refractivity contribution in [1.82, 2.24) is 10.3 Å². The Morgan fingerprint density at radius 2 is 1.85 bits per heavy atom. The molecular weight excluding hydrogens is 324 g/mol. The number of aromatic nitrogens is 1. The van der Waals surface area contributed by atoms with E-state index >= 15 is 0 Å². The molecule has 1 aliphatic rings. The summed E-state index contributed by atoms with van der Waals surface area (Å²) in [4.78, 5) is 4.24. The van der Waals surface area contributed by atoms with Crippen molar-refractivity contribution in [2.45, 2.75) is 12.2 Å². The van der Waals surface area contributed by atoms with Gasteiger partial charge >= 0.3 is 0 Å². The van der Waals surface area contributed by atoms with Crippen LogP contribution in [0.1, 0.15) is 11.7 Å². The highest BCUT2D eigenvalue weighted by Crippen LogP contribution is 2.34. The number of rotatable bonds is 5. The Kier molecular flexibility index (Phi) is 5.24. The fraction of sp³-hybridized carbons (Fsp3) is 0.227. The summed E-state index contributed by atoms with van der Waals surface area (Å²) in [5, 5.41) is 3.40. The smallest absolute Gasteiger partial charge is 0.151 e. The minimum absolute atomic E-state index is 0.0342. The first-order valence-corrected chi connectivity index (χ1v) is 8.95. The Bertz CT molecular complexity index is 818. The highest BCUT2D eigenvalue weighted by molar-refractivity contribution is 5.69. The van der Waals surface area contributed by atoms with E-state index in [1.807, 2.05) is 54.7 Å². The largest absolute Gasteiger partial charge is 0.482 e. The number of morpholine rings is 1. The molecule has 1 N–H and O–H groups in total. The first-order valence-electron chi connectivity index (χ1n) is 8.95. The van der Waals surface area contributed by atoms with Crippen LogP contribution in [0.2, 0.25) is 0 Å². The van der Waals surface area contributed by atoms with Gasteiger partial charge in [-0.1, -0.05) is 54.6 Å². The molecule has 4 nitrogen and oxygen atoms in total.